The van der Waals surface area contributed by atoms with Gasteiger partial charge >= 0.3 is 6.09 Å². The van der Waals surface area contributed by atoms with Crippen molar-refractivity contribution in [2.24, 2.45) is 0 Å². The van der Waals surface area contributed by atoms with Crippen LogP contribution in [0.3, 0.4) is 0 Å². The maximum Gasteiger partial charge on any atom is 0.407 e. The number of phenols is 1. The Bertz CT molecular complexity index is 1810. The van der Waals surface area contributed by atoms with Crippen LogP contribution in [0.1, 0.15) is 41.1 Å². The number of thioether (sulfide) groups is 1. The van der Waals surface area contributed by atoms with Crippen LogP contribution >= 0.6 is 11.8 Å². The molecule has 1 aliphatic rings. The van der Waals surface area contributed by atoms with Gasteiger partial charge in [-0.1, -0.05) is 97.2 Å². The second-order valence-electron chi connectivity index (χ2n) is 11.1. The van der Waals surface area contributed by atoms with Gasteiger partial charge in [0.1, 0.15) is 12.4 Å². The van der Waals surface area contributed by atoms with Crippen LogP contribution in [0.15, 0.2) is 115 Å². The Labute approximate surface area is 282 Å². The van der Waals surface area contributed by atoms with Crippen LogP contribution in [-0.2, 0) is 27.4 Å². The van der Waals surface area contributed by atoms with E-state index in [1.54, 1.807) is 28.9 Å². The molecular weight excluding hydrogens is 630 g/mol. The first-order chi connectivity index (χ1) is 23.5. The van der Waals surface area contributed by atoms with Crippen molar-refractivity contribution in [3.8, 4) is 22.6 Å². The quantitative estimate of drug-likeness (QED) is 0.103. The second-order valence-corrected chi connectivity index (χ2v) is 12.1. The largest absolute Gasteiger partial charge is 0.508 e. The summed E-state index contributed by atoms with van der Waals surface area (Å²) in [5.74, 6) is 0.730. The Morgan fingerprint density at radius 3 is 2.50 bits per heavy atom. The molecule has 0 spiro atoms. The second kappa shape index (κ2) is 15.7. The number of aliphatic hydroxyl groups excluding tert-OH is 1. The molecule has 1 amide bonds. The number of aliphatic hydroxyl groups is 1. The van der Waals surface area contributed by atoms with Gasteiger partial charge in [-0.25, -0.2) is 4.79 Å². The Balaban J connectivity index is 1.19. The number of aromatic nitrogens is 4. The van der Waals surface area contributed by atoms with Gasteiger partial charge in [-0.3, -0.25) is 0 Å². The summed E-state index contributed by atoms with van der Waals surface area (Å²) < 4.78 is 19.7. The van der Waals surface area contributed by atoms with Crippen LogP contribution in [0.4, 0.5) is 4.79 Å². The van der Waals surface area contributed by atoms with Crippen molar-refractivity contribution in [2.75, 3.05) is 12.4 Å². The lowest BCUT2D eigenvalue weighted by atomic mass is 9.98. The van der Waals surface area contributed by atoms with Crippen molar-refractivity contribution < 1.29 is 29.2 Å². The molecule has 2 heterocycles. The lowest BCUT2D eigenvalue weighted by Crippen LogP contribution is -2.31. The van der Waals surface area contributed by atoms with E-state index in [0.29, 0.717) is 23.9 Å². The Morgan fingerprint density at radius 2 is 1.75 bits per heavy atom. The van der Waals surface area contributed by atoms with Gasteiger partial charge in [-0.15, -0.1) is 5.10 Å². The fourth-order valence-electron chi connectivity index (χ4n) is 5.34. The molecule has 0 aliphatic carbocycles. The minimum atomic E-state index is -0.634. The van der Waals surface area contributed by atoms with Crippen LogP contribution in [-0.4, -0.2) is 55.0 Å². The first-order valence-electron chi connectivity index (χ1n) is 15.4. The van der Waals surface area contributed by atoms with Crippen molar-refractivity contribution in [1.82, 2.24) is 25.5 Å². The monoisotopic (exact) mass is 665 g/mol. The number of ether oxygens (including phenoxy) is 3. The van der Waals surface area contributed by atoms with Crippen molar-refractivity contribution in [3.63, 3.8) is 0 Å². The average molecular weight is 666 g/mol. The summed E-state index contributed by atoms with van der Waals surface area (Å²) in [5, 5.41) is 34.8. The lowest BCUT2D eigenvalue weighted by Gasteiger charge is -2.36. The van der Waals surface area contributed by atoms with Crippen molar-refractivity contribution >= 4 is 17.9 Å². The van der Waals surface area contributed by atoms with E-state index in [1.807, 2.05) is 72.8 Å². The smallest absolute Gasteiger partial charge is 0.407 e. The molecule has 1 aromatic heterocycles. The number of aromatic hydroxyl groups is 1. The number of nitrogens with zero attached hydrogens (tertiary/aromatic N) is 4. The third kappa shape index (κ3) is 8.09. The number of alkyl carbamates (subject to hydrolysis) is 1. The summed E-state index contributed by atoms with van der Waals surface area (Å²) in [6, 6.07) is 30.4. The van der Waals surface area contributed by atoms with Gasteiger partial charge in [0.05, 0.1) is 24.5 Å². The van der Waals surface area contributed by atoms with Crippen molar-refractivity contribution in [1.29, 1.82) is 0 Å². The van der Waals surface area contributed by atoms with Gasteiger partial charge in [0, 0.05) is 24.3 Å². The molecule has 5 aromatic rings. The first kappa shape index (κ1) is 32.9. The number of carbonyl (C=O) groups is 1. The van der Waals surface area contributed by atoms with E-state index in [-0.39, 0.29) is 31.2 Å². The maximum atomic E-state index is 12.0. The summed E-state index contributed by atoms with van der Waals surface area (Å²) in [4.78, 5) is 12.0. The van der Waals surface area contributed by atoms with Crippen molar-refractivity contribution in [3.05, 3.63) is 132 Å². The van der Waals surface area contributed by atoms with Gasteiger partial charge < -0.3 is 29.7 Å². The SMILES string of the molecule is C=CCOC(=O)NCc1ccccc1-c1ccc(C2OC(CSc3nnnn3-c3ccc(O)cc3)CC(c3ccc(CO)cc3)O2)cc1. The van der Waals surface area contributed by atoms with Gasteiger partial charge in [0.2, 0.25) is 5.16 Å². The van der Waals surface area contributed by atoms with Crippen LogP contribution in [0.2, 0.25) is 0 Å². The number of rotatable bonds is 12. The molecule has 1 saturated heterocycles. The molecule has 48 heavy (non-hydrogen) atoms. The molecule has 1 aliphatic heterocycles. The highest BCUT2D eigenvalue weighted by Gasteiger charge is 2.32. The van der Waals surface area contributed by atoms with E-state index in [4.69, 9.17) is 14.2 Å². The molecule has 1 fully saturated rings. The Kier molecular flexibility index (Phi) is 10.8. The lowest BCUT2D eigenvalue weighted by molar-refractivity contribution is -0.245. The molecule has 3 atom stereocenters. The van der Waals surface area contributed by atoms with Gasteiger partial charge in [0.15, 0.2) is 6.29 Å². The molecule has 12 heteroatoms. The van der Waals surface area contributed by atoms with Crippen LogP contribution in [0.5, 0.6) is 5.75 Å². The minimum absolute atomic E-state index is 0.0303. The summed E-state index contributed by atoms with van der Waals surface area (Å²) in [6.45, 7) is 3.99. The van der Waals surface area contributed by atoms with Crippen molar-refractivity contribution in [2.45, 2.75) is 43.2 Å². The molecular formula is C36H35N5O6S. The summed E-state index contributed by atoms with van der Waals surface area (Å²) in [6.07, 6.45) is 0.545. The fraction of sp³-hybridized carbons (Fsp3) is 0.222. The minimum Gasteiger partial charge on any atom is -0.508 e. The predicted octanol–water partition coefficient (Wildman–Crippen LogP) is 6.28. The number of benzene rings is 4. The molecule has 0 radical (unpaired) electrons. The van der Waals surface area contributed by atoms with Gasteiger partial charge in [-0.05, 0) is 62.5 Å². The molecule has 3 unspecified atom stereocenters. The predicted molar refractivity (Wildman–Crippen MR) is 180 cm³/mol. The molecule has 3 N–H and O–H groups in total. The Morgan fingerprint density at radius 1 is 1.00 bits per heavy atom. The molecule has 0 saturated carbocycles. The molecule has 246 valence electrons. The summed E-state index contributed by atoms with van der Waals surface area (Å²) >= 11 is 1.48. The summed E-state index contributed by atoms with van der Waals surface area (Å²) in [7, 11) is 0. The zero-order chi connectivity index (χ0) is 33.3. The zero-order valence-corrected chi connectivity index (χ0v) is 26.8. The van der Waals surface area contributed by atoms with E-state index < -0.39 is 12.4 Å². The van der Waals surface area contributed by atoms with Crippen LogP contribution < -0.4 is 5.32 Å². The highest BCUT2D eigenvalue weighted by molar-refractivity contribution is 7.99. The number of hydrogen-bond acceptors (Lipinski definition) is 10. The van der Waals surface area contributed by atoms with Crippen LogP contribution in [0, 0.1) is 0 Å². The number of phenolic OH excluding ortho intramolecular Hbond substituents is 1. The standard InChI is InChI=1S/C36H35N5O6S/c1-2-19-45-36(44)37-21-28-5-3-4-6-32(28)25-11-13-27(14-12-25)34-46-31(20-33(47-34)26-9-7-24(22-42)8-10-26)23-48-35-38-39-40-41(35)29-15-17-30(43)18-16-29/h2-18,31,33-34,42-43H,1,19-23H2,(H,37,44). The normalized spacial score (nSPS) is 17.5. The third-order valence-corrected chi connectivity index (χ3v) is 8.87. The number of nitrogens with one attached hydrogen (secondary N) is 1. The van der Waals surface area contributed by atoms with E-state index >= 15 is 0 Å². The highest BCUT2D eigenvalue weighted by atomic mass is 32.2. The number of amides is 1. The first-order valence-corrected chi connectivity index (χ1v) is 16.4. The highest BCUT2D eigenvalue weighted by Crippen LogP contribution is 2.40. The zero-order valence-electron chi connectivity index (χ0n) is 26.0. The van der Waals surface area contributed by atoms with E-state index in [9.17, 15) is 15.0 Å². The molecule has 6 rings (SSSR count). The van der Waals surface area contributed by atoms with E-state index in [0.717, 1.165) is 39.1 Å². The molecule has 11 nitrogen and oxygen atoms in total. The van der Waals surface area contributed by atoms with Gasteiger partial charge in [-0.2, -0.15) is 4.68 Å². The summed E-state index contributed by atoms with van der Waals surface area (Å²) in [5.41, 5.74) is 6.34. The number of tetrazole rings is 1. The number of carbonyl (C=O) groups excluding carboxylic acids is 1. The Hall–Kier alpha value is -5.01. The third-order valence-electron chi connectivity index (χ3n) is 7.82. The number of hydrogen-bond donors (Lipinski definition) is 3. The van der Waals surface area contributed by atoms with E-state index in [1.165, 1.54) is 17.8 Å². The fourth-order valence-corrected chi connectivity index (χ4v) is 6.25. The molecule has 0 bridgehead atoms. The molecule has 4 aromatic carbocycles. The van der Waals surface area contributed by atoms with E-state index in [2.05, 4.69) is 27.4 Å². The van der Waals surface area contributed by atoms with Crippen LogP contribution in [0.25, 0.3) is 16.8 Å². The van der Waals surface area contributed by atoms with Gasteiger partial charge in [0.25, 0.3) is 0 Å². The average Bonchev–Trinajstić information content (AvgIpc) is 3.61. The maximum absolute atomic E-state index is 12.0. The topological polar surface area (TPSA) is 141 Å².